The molecule has 1 aromatic heterocycles. The van der Waals surface area contributed by atoms with Crippen molar-refractivity contribution in [1.29, 1.82) is 0 Å². The Morgan fingerprint density at radius 3 is 2.65 bits per heavy atom. The first-order valence-electron chi connectivity index (χ1n) is 6.75. The molecule has 7 heteroatoms. The van der Waals surface area contributed by atoms with Gasteiger partial charge in [-0.1, -0.05) is 13.0 Å². The van der Waals surface area contributed by atoms with Crippen molar-refractivity contribution in [2.24, 2.45) is 5.92 Å². The maximum absolute atomic E-state index is 12.3. The molecule has 1 aromatic rings. The van der Waals surface area contributed by atoms with Gasteiger partial charge in [0.2, 0.25) is 5.91 Å². The quantitative estimate of drug-likeness (QED) is 0.919. The van der Waals surface area contributed by atoms with E-state index in [9.17, 15) is 13.2 Å². The molecule has 1 fully saturated rings. The summed E-state index contributed by atoms with van der Waals surface area (Å²) in [5.74, 6) is 0.495. The van der Waals surface area contributed by atoms with Crippen molar-refractivity contribution >= 4 is 27.3 Å². The minimum atomic E-state index is -3.59. The van der Waals surface area contributed by atoms with E-state index in [0.29, 0.717) is 19.0 Å². The van der Waals surface area contributed by atoms with Crippen LogP contribution in [0.2, 0.25) is 0 Å². The number of rotatable bonds is 4. The number of sulfonamides is 1. The molecule has 0 aliphatic carbocycles. The number of amides is 1. The monoisotopic (exact) mass is 316 g/mol. The summed E-state index contributed by atoms with van der Waals surface area (Å²) in [6.45, 7) is 5.20. The highest BCUT2D eigenvalue weighted by Gasteiger charge is 2.28. The van der Waals surface area contributed by atoms with E-state index in [2.05, 4.69) is 11.6 Å². The molecule has 5 nitrogen and oxygen atoms in total. The fourth-order valence-corrected chi connectivity index (χ4v) is 4.47. The van der Waals surface area contributed by atoms with E-state index in [1.165, 1.54) is 6.07 Å². The van der Waals surface area contributed by atoms with Crippen LogP contribution < -0.4 is 4.72 Å². The minimum absolute atomic E-state index is 0.142. The van der Waals surface area contributed by atoms with Crippen molar-refractivity contribution in [1.82, 2.24) is 9.62 Å². The molecule has 1 atom stereocenters. The molecular formula is C13H20N2O3S2. The predicted octanol–water partition coefficient (Wildman–Crippen LogP) is 1.67. The first-order valence-corrected chi connectivity index (χ1v) is 9.11. The van der Waals surface area contributed by atoms with E-state index < -0.39 is 16.1 Å². The lowest BCUT2D eigenvalue weighted by atomic mass is 9.99. The summed E-state index contributed by atoms with van der Waals surface area (Å²) in [6.07, 6.45) is 1.96. The molecule has 0 bridgehead atoms. The molecule has 0 aromatic carbocycles. The van der Waals surface area contributed by atoms with Crippen molar-refractivity contribution < 1.29 is 13.2 Å². The Bertz CT molecular complexity index is 546. The summed E-state index contributed by atoms with van der Waals surface area (Å²) in [4.78, 5) is 14.0. The van der Waals surface area contributed by atoms with Crippen LogP contribution in [-0.2, 0) is 14.8 Å². The number of thiophene rings is 1. The number of piperidine rings is 1. The first-order chi connectivity index (χ1) is 9.40. The lowest BCUT2D eigenvalue weighted by Gasteiger charge is -2.32. The standard InChI is InChI=1S/C13H20N2O3S2/c1-10-5-7-15(8-6-10)13(16)11(2)14-20(17,18)12-4-3-9-19-12/h3-4,9-11,14H,5-8H2,1-2H3. The van der Waals surface area contributed by atoms with Gasteiger partial charge in [0.15, 0.2) is 0 Å². The summed E-state index contributed by atoms with van der Waals surface area (Å²) in [5.41, 5.74) is 0. The van der Waals surface area contributed by atoms with Gasteiger partial charge in [0.1, 0.15) is 4.21 Å². The molecular weight excluding hydrogens is 296 g/mol. The summed E-state index contributed by atoms with van der Waals surface area (Å²) in [7, 11) is -3.59. The van der Waals surface area contributed by atoms with Crippen LogP contribution in [0, 0.1) is 5.92 Å². The number of likely N-dealkylation sites (tertiary alicyclic amines) is 1. The van der Waals surface area contributed by atoms with Gasteiger partial charge in [-0.25, -0.2) is 8.42 Å². The SMILES string of the molecule is CC1CCN(C(=O)C(C)NS(=O)(=O)c2cccs2)CC1. The van der Waals surface area contributed by atoms with Crippen molar-refractivity contribution in [2.45, 2.75) is 36.9 Å². The fourth-order valence-electron chi connectivity index (χ4n) is 2.26. The lowest BCUT2D eigenvalue weighted by molar-refractivity contribution is -0.133. The number of hydrogen-bond acceptors (Lipinski definition) is 4. The van der Waals surface area contributed by atoms with E-state index in [4.69, 9.17) is 0 Å². The Morgan fingerprint density at radius 1 is 1.45 bits per heavy atom. The maximum atomic E-state index is 12.3. The zero-order valence-electron chi connectivity index (χ0n) is 11.7. The van der Waals surface area contributed by atoms with Crippen LogP contribution in [0.25, 0.3) is 0 Å². The van der Waals surface area contributed by atoms with Gasteiger partial charge >= 0.3 is 0 Å². The molecule has 1 saturated heterocycles. The Labute approximate surface area is 124 Å². The molecule has 1 amide bonds. The molecule has 1 aliphatic heterocycles. The van der Waals surface area contributed by atoms with Gasteiger partial charge in [0, 0.05) is 13.1 Å². The van der Waals surface area contributed by atoms with Crippen LogP contribution in [0.4, 0.5) is 0 Å². The van der Waals surface area contributed by atoms with Gasteiger partial charge in [-0.15, -0.1) is 11.3 Å². The third kappa shape index (κ3) is 3.59. The highest BCUT2D eigenvalue weighted by atomic mass is 32.2. The third-order valence-corrected chi connectivity index (χ3v) is 6.50. The average molecular weight is 316 g/mol. The van der Waals surface area contributed by atoms with Crippen LogP contribution in [0.1, 0.15) is 26.7 Å². The summed E-state index contributed by atoms with van der Waals surface area (Å²) >= 11 is 1.14. The zero-order chi connectivity index (χ0) is 14.8. The normalized spacial score (nSPS) is 19.0. The third-order valence-electron chi connectivity index (χ3n) is 3.56. The molecule has 2 heterocycles. The lowest BCUT2D eigenvalue weighted by Crippen LogP contribution is -2.49. The Morgan fingerprint density at radius 2 is 2.10 bits per heavy atom. The Kier molecular flexibility index (Phi) is 4.82. The van der Waals surface area contributed by atoms with Gasteiger partial charge in [0.05, 0.1) is 6.04 Å². The maximum Gasteiger partial charge on any atom is 0.250 e. The summed E-state index contributed by atoms with van der Waals surface area (Å²) in [6, 6.07) is 2.49. The molecule has 1 N–H and O–H groups in total. The molecule has 0 spiro atoms. The van der Waals surface area contributed by atoms with E-state index in [0.717, 1.165) is 24.2 Å². The second-order valence-electron chi connectivity index (χ2n) is 5.28. The molecule has 0 radical (unpaired) electrons. The van der Waals surface area contributed by atoms with Gasteiger partial charge in [-0.3, -0.25) is 4.79 Å². The number of carbonyl (C=O) groups excluding carboxylic acids is 1. The number of nitrogens with zero attached hydrogens (tertiary/aromatic N) is 1. The van der Waals surface area contributed by atoms with Crippen LogP contribution in [0.5, 0.6) is 0 Å². The van der Waals surface area contributed by atoms with Crippen LogP contribution in [0.15, 0.2) is 21.7 Å². The number of nitrogens with one attached hydrogen (secondary N) is 1. The van der Waals surface area contributed by atoms with Crippen molar-refractivity contribution in [3.8, 4) is 0 Å². The van der Waals surface area contributed by atoms with Crippen molar-refractivity contribution in [3.05, 3.63) is 17.5 Å². The highest BCUT2D eigenvalue weighted by Crippen LogP contribution is 2.18. The fraction of sp³-hybridized carbons (Fsp3) is 0.615. The van der Waals surface area contributed by atoms with E-state index in [-0.39, 0.29) is 10.1 Å². The highest BCUT2D eigenvalue weighted by molar-refractivity contribution is 7.91. The zero-order valence-corrected chi connectivity index (χ0v) is 13.3. The molecule has 1 unspecified atom stereocenters. The van der Waals surface area contributed by atoms with Crippen LogP contribution >= 0.6 is 11.3 Å². The second kappa shape index (κ2) is 6.24. The van der Waals surface area contributed by atoms with Gasteiger partial charge in [0.25, 0.3) is 10.0 Å². The first kappa shape index (κ1) is 15.5. The Hall–Kier alpha value is -0.920. The van der Waals surface area contributed by atoms with Gasteiger partial charge < -0.3 is 4.90 Å². The molecule has 2 rings (SSSR count). The number of hydrogen-bond donors (Lipinski definition) is 1. The van der Waals surface area contributed by atoms with E-state index in [1.54, 1.807) is 23.3 Å². The smallest absolute Gasteiger partial charge is 0.250 e. The summed E-state index contributed by atoms with van der Waals surface area (Å²) < 4.78 is 26.8. The van der Waals surface area contributed by atoms with Crippen molar-refractivity contribution in [2.75, 3.05) is 13.1 Å². The molecule has 112 valence electrons. The largest absolute Gasteiger partial charge is 0.341 e. The number of carbonyl (C=O) groups is 1. The van der Waals surface area contributed by atoms with Gasteiger partial charge in [-0.05, 0) is 37.1 Å². The predicted molar refractivity (Wildman–Crippen MR) is 79.1 cm³/mol. The molecule has 20 heavy (non-hydrogen) atoms. The van der Waals surface area contributed by atoms with E-state index >= 15 is 0 Å². The van der Waals surface area contributed by atoms with Crippen LogP contribution in [-0.4, -0.2) is 38.4 Å². The Balaban J connectivity index is 1.98. The molecule has 0 saturated carbocycles. The van der Waals surface area contributed by atoms with Crippen molar-refractivity contribution in [3.63, 3.8) is 0 Å². The van der Waals surface area contributed by atoms with E-state index in [1.807, 2.05) is 0 Å². The molecule has 1 aliphatic rings. The van der Waals surface area contributed by atoms with Crippen LogP contribution in [0.3, 0.4) is 0 Å². The minimum Gasteiger partial charge on any atom is -0.341 e. The average Bonchev–Trinajstić information content (AvgIpc) is 2.93. The summed E-state index contributed by atoms with van der Waals surface area (Å²) in [5, 5.41) is 1.70. The second-order valence-corrected chi connectivity index (χ2v) is 8.17. The topological polar surface area (TPSA) is 66.5 Å². The van der Waals surface area contributed by atoms with Gasteiger partial charge in [-0.2, -0.15) is 4.72 Å².